The van der Waals surface area contributed by atoms with E-state index >= 15 is 0 Å². The van der Waals surface area contributed by atoms with E-state index < -0.39 is 0 Å². The molecule has 0 aliphatic rings. The fraction of sp³-hybridized carbons (Fsp3) is 1.00. The molecule has 0 saturated heterocycles. The van der Waals surface area contributed by atoms with Crippen molar-refractivity contribution < 1.29 is 0 Å². The molecule has 1 heteroatoms. The topological polar surface area (TPSA) is 3.24 Å². The third-order valence-electron chi connectivity index (χ3n) is 2.55. The molecule has 0 spiro atoms. The molecule has 0 atom stereocenters. The van der Waals surface area contributed by atoms with Crippen LogP contribution in [-0.2, 0) is 0 Å². The summed E-state index contributed by atoms with van der Waals surface area (Å²) in [6.45, 7) is 21.9. The van der Waals surface area contributed by atoms with Gasteiger partial charge in [-0.15, -0.1) is 0 Å². The van der Waals surface area contributed by atoms with Crippen molar-refractivity contribution >= 4 is 0 Å². The Balaban J connectivity index is -0.0000000791. The largest absolute Gasteiger partial charge is 0.312 e. The number of rotatable bonds is 1. The van der Waals surface area contributed by atoms with Gasteiger partial charge >= 0.3 is 0 Å². The first-order valence-electron chi connectivity index (χ1n) is 7.56. The van der Waals surface area contributed by atoms with Crippen LogP contribution in [0.3, 0.4) is 0 Å². The van der Waals surface area contributed by atoms with Crippen LogP contribution in [0.4, 0.5) is 0 Å². The van der Waals surface area contributed by atoms with Gasteiger partial charge in [0.15, 0.2) is 0 Å². The Morgan fingerprint density at radius 2 is 0.944 bits per heavy atom. The van der Waals surface area contributed by atoms with Crippen molar-refractivity contribution in [1.29, 1.82) is 0 Å². The molecule has 0 unspecified atom stereocenters. The highest BCUT2D eigenvalue weighted by Crippen LogP contribution is 2.23. The Labute approximate surface area is 119 Å². The normalized spacial score (nSPS) is 10.0. The van der Waals surface area contributed by atoms with Crippen molar-refractivity contribution in [1.82, 2.24) is 4.90 Å². The minimum Gasteiger partial charge on any atom is -0.312 e. The van der Waals surface area contributed by atoms with Crippen LogP contribution >= 0.6 is 0 Å². The van der Waals surface area contributed by atoms with Crippen LogP contribution in [0.2, 0.25) is 0 Å². The van der Waals surface area contributed by atoms with Crippen molar-refractivity contribution in [3.63, 3.8) is 0 Å². The van der Waals surface area contributed by atoms with Gasteiger partial charge in [-0.25, -0.2) is 0 Å². The maximum absolute atomic E-state index is 2.26. The number of nitrogens with zero attached hydrogens (tertiary/aromatic N) is 1. The molecule has 0 aromatic carbocycles. The molecule has 0 aliphatic carbocycles. The van der Waals surface area contributed by atoms with Crippen molar-refractivity contribution in [2.45, 2.75) is 75.7 Å². The van der Waals surface area contributed by atoms with E-state index in [4.69, 9.17) is 0 Å². The summed E-state index contributed by atoms with van der Waals surface area (Å²) in [6, 6.07) is 0. The zero-order chi connectivity index (χ0) is 15.9. The molecule has 0 N–H and O–H groups in total. The SMILES string of the molecule is CC.CC(C)C(C)(C)C.CCC(C)C.CN(C)C. The smallest absolute Gasteiger partial charge is 0.0140 e. The molecule has 0 aromatic rings. The summed E-state index contributed by atoms with van der Waals surface area (Å²) in [4.78, 5) is 2.00. The Morgan fingerprint density at radius 1 is 0.833 bits per heavy atom. The van der Waals surface area contributed by atoms with Gasteiger partial charge < -0.3 is 4.90 Å². The molecule has 0 saturated carbocycles. The molecule has 1 nitrogen and oxygen atoms in total. The quantitative estimate of drug-likeness (QED) is 0.564. The fourth-order valence-corrected chi connectivity index (χ4v) is 0. The van der Waals surface area contributed by atoms with Gasteiger partial charge in [0.05, 0.1) is 0 Å². The van der Waals surface area contributed by atoms with Crippen LogP contribution in [0, 0.1) is 17.3 Å². The summed E-state index contributed by atoms with van der Waals surface area (Å²) in [5, 5.41) is 0. The van der Waals surface area contributed by atoms with Crippen LogP contribution in [0.5, 0.6) is 0 Å². The predicted molar refractivity (Wildman–Crippen MR) is 90.4 cm³/mol. The lowest BCUT2D eigenvalue weighted by Crippen LogP contribution is -2.12. The average Bonchev–Trinajstić information content (AvgIpc) is 2.19. The Morgan fingerprint density at radius 3 is 0.944 bits per heavy atom. The van der Waals surface area contributed by atoms with E-state index in [9.17, 15) is 0 Å². The first kappa shape index (κ1) is 26.5. The summed E-state index contributed by atoms with van der Waals surface area (Å²) in [5.41, 5.74) is 0.500. The third kappa shape index (κ3) is 56.4. The molecule has 116 valence electrons. The molecule has 0 bridgehead atoms. The van der Waals surface area contributed by atoms with Gasteiger partial charge in [0, 0.05) is 0 Å². The summed E-state index contributed by atoms with van der Waals surface area (Å²) >= 11 is 0. The molecular weight excluding hydrogens is 218 g/mol. The molecule has 18 heavy (non-hydrogen) atoms. The number of hydrogen-bond acceptors (Lipinski definition) is 1. The van der Waals surface area contributed by atoms with E-state index in [1.54, 1.807) is 0 Å². The summed E-state index contributed by atoms with van der Waals surface area (Å²) in [6.07, 6.45) is 1.31. The Bertz CT molecular complexity index is 115. The standard InChI is InChI=1S/C7H16.C5H12.C3H9N.C2H6/c1-6(2)7(3,4)5;1-4-5(2)3;1-4(2)3;1-2/h6H,1-5H3;5H,4H2,1-3H3;1-3H3;1-2H3. The summed E-state index contributed by atoms with van der Waals surface area (Å²) in [7, 11) is 6.00. The molecule has 0 heterocycles. The maximum atomic E-state index is 2.26. The highest BCUT2D eigenvalue weighted by Gasteiger charge is 2.13. The van der Waals surface area contributed by atoms with Crippen LogP contribution in [0.25, 0.3) is 0 Å². The first-order valence-corrected chi connectivity index (χ1v) is 7.56. The molecular formula is C17H43N. The lowest BCUT2D eigenvalue weighted by Gasteiger charge is -2.22. The predicted octanol–water partition coefficient (Wildman–Crippen LogP) is 5.94. The highest BCUT2D eigenvalue weighted by atomic mass is 15.0. The summed E-state index contributed by atoms with van der Waals surface area (Å²) in [5.74, 6) is 1.68. The third-order valence-corrected chi connectivity index (χ3v) is 2.55. The zero-order valence-electron chi connectivity index (χ0n) is 15.8. The van der Waals surface area contributed by atoms with Crippen molar-refractivity contribution in [3.05, 3.63) is 0 Å². The van der Waals surface area contributed by atoms with Crippen LogP contribution in [0.1, 0.15) is 75.7 Å². The van der Waals surface area contributed by atoms with E-state index in [-0.39, 0.29) is 0 Å². The van der Waals surface area contributed by atoms with Gasteiger partial charge in [-0.05, 0) is 38.4 Å². The molecule has 0 aliphatic heterocycles. The van der Waals surface area contributed by atoms with Gasteiger partial charge in [-0.2, -0.15) is 0 Å². The van der Waals surface area contributed by atoms with Crippen LogP contribution < -0.4 is 0 Å². The molecule has 0 radical (unpaired) electrons. The fourth-order valence-electron chi connectivity index (χ4n) is 0. The van der Waals surface area contributed by atoms with E-state index in [1.807, 2.05) is 39.9 Å². The second kappa shape index (κ2) is 17.0. The minimum atomic E-state index is 0.500. The van der Waals surface area contributed by atoms with E-state index in [2.05, 4.69) is 55.4 Å². The van der Waals surface area contributed by atoms with Crippen LogP contribution in [0.15, 0.2) is 0 Å². The first-order chi connectivity index (χ1) is 7.95. The Kier molecular flexibility index (Phi) is 25.0. The van der Waals surface area contributed by atoms with Gasteiger partial charge in [-0.3, -0.25) is 0 Å². The zero-order valence-corrected chi connectivity index (χ0v) is 15.8. The Hall–Kier alpha value is -0.0400. The van der Waals surface area contributed by atoms with Crippen molar-refractivity contribution in [2.75, 3.05) is 21.1 Å². The highest BCUT2D eigenvalue weighted by molar-refractivity contribution is 4.64. The van der Waals surface area contributed by atoms with Gasteiger partial charge in [0.2, 0.25) is 0 Å². The van der Waals surface area contributed by atoms with Crippen molar-refractivity contribution in [3.8, 4) is 0 Å². The van der Waals surface area contributed by atoms with E-state index in [1.165, 1.54) is 6.42 Å². The summed E-state index contributed by atoms with van der Waals surface area (Å²) < 4.78 is 0. The van der Waals surface area contributed by atoms with E-state index in [0.29, 0.717) is 5.41 Å². The van der Waals surface area contributed by atoms with Crippen LogP contribution in [-0.4, -0.2) is 26.0 Å². The van der Waals surface area contributed by atoms with Gasteiger partial charge in [-0.1, -0.05) is 75.7 Å². The maximum Gasteiger partial charge on any atom is -0.0140 e. The molecule has 0 aromatic heterocycles. The monoisotopic (exact) mass is 261 g/mol. The van der Waals surface area contributed by atoms with E-state index in [0.717, 1.165) is 11.8 Å². The average molecular weight is 262 g/mol. The van der Waals surface area contributed by atoms with Crippen molar-refractivity contribution in [2.24, 2.45) is 17.3 Å². The number of hydrogen-bond donors (Lipinski definition) is 0. The molecule has 0 rings (SSSR count). The second-order valence-electron chi connectivity index (χ2n) is 6.66. The second-order valence-corrected chi connectivity index (χ2v) is 6.66. The van der Waals surface area contributed by atoms with Gasteiger partial charge in [0.1, 0.15) is 0 Å². The molecule has 0 amide bonds. The van der Waals surface area contributed by atoms with Gasteiger partial charge in [0.25, 0.3) is 0 Å². The minimum absolute atomic E-state index is 0.500. The lowest BCUT2D eigenvalue weighted by atomic mass is 9.84. The molecule has 0 fully saturated rings. The lowest BCUT2D eigenvalue weighted by molar-refractivity contribution is 0.283.